The molecular weight excluding hydrogens is 446 g/mol. The minimum atomic E-state index is -1.45. The number of carboxylic acids is 1. The van der Waals surface area contributed by atoms with Crippen molar-refractivity contribution in [2.45, 2.75) is 78.7 Å². The second-order valence-corrected chi connectivity index (χ2v) is 10.8. The molecule has 0 radical (unpaired) electrons. The third-order valence-corrected chi connectivity index (χ3v) is 5.99. The number of hydrazine groups is 1. The van der Waals surface area contributed by atoms with Crippen molar-refractivity contribution in [3.05, 3.63) is 35.9 Å². The average Bonchev–Trinajstić information content (AvgIpc) is 3.59. The van der Waals surface area contributed by atoms with Crippen molar-refractivity contribution in [2.75, 3.05) is 6.54 Å². The van der Waals surface area contributed by atoms with Crippen LogP contribution >= 0.6 is 0 Å². The fraction of sp³-hybridized carbons (Fsp3) is 0.593. The first-order valence-electron chi connectivity index (χ1n) is 12.4. The fourth-order valence-corrected chi connectivity index (χ4v) is 4.01. The van der Waals surface area contributed by atoms with Gasteiger partial charge in [0, 0.05) is 25.4 Å². The van der Waals surface area contributed by atoms with Gasteiger partial charge in [-0.3, -0.25) is 19.4 Å². The van der Waals surface area contributed by atoms with Gasteiger partial charge in [-0.1, -0.05) is 58.0 Å². The highest BCUT2D eigenvalue weighted by Gasteiger charge is 2.38. The van der Waals surface area contributed by atoms with Gasteiger partial charge in [-0.25, -0.2) is 10.2 Å². The van der Waals surface area contributed by atoms with E-state index in [1.165, 1.54) is 5.01 Å². The molecule has 1 aliphatic carbocycles. The molecule has 2 unspecified atom stereocenters. The van der Waals surface area contributed by atoms with E-state index in [1.807, 2.05) is 58.0 Å². The first kappa shape index (κ1) is 28.4. The van der Waals surface area contributed by atoms with Crippen LogP contribution in [0.15, 0.2) is 30.3 Å². The summed E-state index contributed by atoms with van der Waals surface area (Å²) >= 11 is 0. The van der Waals surface area contributed by atoms with Crippen LogP contribution in [-0.4, -0.2) is 51.9 Å². The second-order valence-electron chi connectivity index (χ2n) is 10.8. The van der Waals surface area contributed by atoms with Gasteiger partial charge in [0.1, 0.15) is 0 Å². The minimum absolute atomic E-state index is 0.0888. The molecule has 1 aromatic rings. The summed E-state index contributed by atoms with van der Waals surface area (Å²) in [5, 5.41) is 19.0. The second kappa shape index (κ2) is 12.7. The molecule has 0 aromatic heterocycles. The lowest BCUT2D eigenvalue weighted by molar-refractivity contribution is -0.149. The zero-order valence-corrected chi connectivity index (χ0v) is 21.3. The summed E-state index contributed by atoms with van der Waals surface area (Å²) in [7, 11) is 0. The van der Waals surface area contributed by atoms with Gasteiger partial charge in [0.25, 0.3) is 0 Å². The van der Waals surface area contributed by atoms with Crippen LogP contribution in [0.5, 0.6) is 0 Å². The lowest BCUT2D eigenvalue weighted by Gasteiger charge is -2.32. The third kappa shape index (κ3) is 9.72. The van der Waals surface area contributed by atoms with Crippen LogP contribution in [0.1, 0.15) is 71.8 Å². The molecule has 1 aromatic carbocycles. The maximum atomic E-state index is 13.8. The lowest BCUT2D eigenvalue weighted by Crippen LogP contribution is -2.51. The number of carbonyl (C=O) groups is 4. The zero-order valence-electron chi connectivity index (χ0n) is 21.3. The summed E-state index contributed by atoms with van der Waals surface area (Å²) in [5.74, 6) is -4.13. The van der Waals surface area contributed by atoms with E-state index < -0.39 is 17.7 Å². The van der Waals surface area contributed by atoms with E-state index in [0.717, 1.165) is 18.4 Å². The summed E-state index contributed by atoms with van der Waals surface area (Å²) in [4.78, 5) is 49.0. The molecular formula is C27H39N3O5. The quantitative estimate of drug-likeness (QED) is 0.150. The summed E-state index contributed by atoms with van der Waals surface area (Å²) < 4.78 is 0. The van der Waals surface area contributed by atoms with Crippen molar-refractivity contribution in [3.8, 4) is 0 Å². The van der Waals surface area contributed by atoms with Crippen LogP contribution in [0, 0.1) is 22.7 Å². The number of hydrogen-bond donors (Lipinski definition) is 3. The molecule has 0 saturated heterocycles. The molecule has 0 spiro atoms. The maximum Gasteiger partial charge on any atom is 0.372 e. The standard InChI is InChI=1S/C27H39N3O5/c1-18(16-19-10-6-5-7-11-19)23(24(28)22(32)17-27(2,3)4)25(33)30(29-20-13-14-20)15-9-8-12-21(31)26(34)35/h5-7,10-11,18,20,23,28-29H,8-9,12-17H2,1-4H3,(H,34,35). The summed E-state index contributed by atoms with van der Waals surface area (Å²) in [6, 6.07) is 9.88. The Bertz CT molecular complexity index is 918. The summed E-state index contributed by atoms with van der Waals surface area (Å²) in [5.41, 5.74) is 3.78. The van der Waals surface area contributed by atoms with Crippen molar-refractivity contribution in [3.63, 3.8) is 0 Å². The van der Waals surface area contributed by atoms with Crippen LogP contribution in [0.3, 0.4) is 0 Å². The predicted octanol–water partition coefficient (Wildman–Crippen LogP) is 3.83. The molecule has 35 heavy (non-hydrogen) atoms. The summed E-state index contributed by atoms with van der Waals surface area (Å²) in [6.45, 7) is 7.97. The Morgan fingerprint density at radius 3 is 2.26 bits per heavy atom. The van der Waals surface area contributed by atoms with E-state index in [-0.39, 0.29) is 54.2 Å². The van der Waals surface area contributed by atoms with Crippen molar-refractivity contribution >= 4 is 29.2 Å². The number of nitrogens with zero attached hydrogens (tertiary/aromatic N) is 1. The fourth-order valence-electron chi connectivity index (χ4n) is 4.01. The number of unbranched alkanes of at least 4 members (excludes halogenated alkanes) is 1. The first-order chi connectivity index (χ1) is 16.4. The Kier molecular flexibility index (Phi) is 10.3. The van der Waals surface area contributed by atoms with Gasteiger partial charge >= 0.3 is 5.97 Å². The molecule has 192 valence electrons. The van der Waals surface area contributed by atoms with Gasteiger partial charge < -0.3 is 10.5 Å². The van der Waals surface area contributed by atoms with E-state index >= 15 is 0 Å². The van der Waals surface area contributed by atoms with Gasteiger partial charge in [0.05, 0.1) is 11.6 Å². The third-order valence-electron chi connectivity index (χ3n) is 5.99. The Hall–Kier alpha value is -2.87. The number of carboxylic acid groups (broad SMARTS) is 1. The topological polar surface area (TPSA) is 128 Å². The highest BCUT2D eigenvalue weighted by atomic mass is 16.4. The molecule has 8 heteroatoms. The molecule has 2 atom stereocenters. The first-order valence-corrected chi connectivity index (χ1v) is 12.4. The largest absolute Gasteiger partial charge is 0.476 e. The van der Waals surface area contributed by atoms with Crippen LogP contribution in [0.25, 0.3) is 0 Å². The number of Topliss-reactive ketones (excluding diaryl/α,β-unsaturated/α-hetero) is 2. The van der Waals surface area contributed by atoms with Gasteiger partial charge in [-0.15, -0.1) is 0 Å². The number of nitrogens with one attached hydrogen (secondary N) is 2. The van der Waals surface area contributed by atoms with Crippen LogP contribution in [0.4, 0.5) is 0 Å². The zero-order chi connectivity index (χ0) is 26.2. The number of rotatable bonds is 15. The van der Waals surface area contributed by atoms with E-state index in [4.69, 9.17) is 10.5 Å². The monoisotopic (exact) mass is 485 g/mol. The molecule has 1 saturated carbocycles. The molecule has 0 aliphatic heterocycles. The Morgan fingerprint density at radius 2 is 1.71 bits per heavy atom. The van der Waals surface area contributed by atoms with E-state index in [1.54, 1.807) is 0 Å². The molecule has 1 fully saturated rings. The maximum absolute atomic E-state index is 13.8. The normalized spacial score (nSPS) is 15.2. The molecule has 1 aliphatic rings. The van der Waals surface area contributed by atoms with Crippen LogP contribution in [0.2, 0.25) is 0 Å². The molecule has 0 bridgehead atoms. The molecule has 2 rings (SSSR count). The van der Waals surface area contributed by atoms with Gasteiger partial charge in [0.2, 0.25) is 11.7 Å². The summed E-state index contributed by atoms with van der Waals surface area (Å²) in [6.07, 6.45) is 3.29. The molecule has 0 heterocycles. The number of ketones is 2. The van der Waals surface area contributed by atoms with E-state index in [9.17, 15) is 19.2 Å². The number of hydrogen-bond acceptors (Lipinski definition) is 6. The molecule has 8 nitrogen and oxygen atoms in total. The highest BCUT2D eigenvalue weighted by molar-refractivity contribution is 6.42. The smallest absolute Gasteiger partial charge is 0.372 e. The molecule has 1 amide bonds. The Morgan fingerprint density at radius 1 is 1.09 bits per heavy atom. The van der Waals surface area contributed by atoms with Gasteiger partial charge in [0.15, 0.2) is 5.78 Å². The van der Waals surface area contributed by atoms with Gasteiger partial charge in [-0.05, 0) is 49.0 Å². The Labute approximate surface area is 207 Å². The van der Waals surface area contributed by atoms with Crippen LogP contribution in [-0.2, 0) is 25.6 Å². The lowest BCUT2D eigenvalue weighted by atomic mass is 9.79. The average molecular weight is 486 g/mol. The predicted molar refractivity (Wildman–Crippen MR) is 134 cm³/mol. The van der Waals surface area contributed by atoms with Crippen LogP contribution < -0.4 is 5.43 Å². The van der Waals surface area contributed by atoms with Crippen molar-refractivity contribution in [1.29, 1.82) is 5.41 Å². The van der Waals surface area contributed by atoms with E-state index in [0.29, 0.717) is 19.3 Å². The van der Waals surface area contributed by atoms with Crippen molar-refractivity contribution in [2.24, 2.45) is 17.3 Å². The minimum Gasteiger partial charge on any atom is -0.476 e. The van der Waals surface area contributed by atoms with Gasteiger partial charge in [-0.2, -0.15) is 0 Å². The van der Waals surface area contributed by atoms with E-state index in [2.05, 4.69) is 5.43 Å². The van der Waals surface area contributed by atoms with Crippen molar-refractivity contribution in [1.82, 2.24) is 10.4 Å². The highest BCUT2D eigenvalue weighted by Crippen LogP contribution is 2.27. The van der Waals surface area contributed by atoms with Crippen molar-refractivity contribution < 1.29 is 24.3 Å². The Balaban J connectivity index is 2.21. The SMILES string of the molecule is CC(Cc1ccccc1)C(C(=N)C(=O)CC(C)(C)C)C(=O)N(CCCCC(=O)C(=O)O)NC1CC1. The number of carbonyl (C=O) groups excluding carboxylic acids is 3. The number of amides is 1. The molecule has 3 N–H and O–H groups in total. The number of aliphatic carboxylic acids is 1. The number of benzene rings is 1.